The second-order valence-electron chi connectivity index (χ2n) is 4.67. The molecule has 0 spiro atoms. The number of ether oxygens (including phenoxy) is 1. The highest BCUT2D eigenvalue weighted by Crippen LogP contribution is 2.25. The lowest BCUT2D eigenvalue weighted by Crippen LogP contribution is -2.32. The van der Waals surface area contributed by atoms with Crippen molar-refractivity contribution in [2.75, 3.05) is 12.4 Å². The van der Waals surface area contributed by atoms with Crippen LogP contribution in [-0.2, 0) is 11.8 Å². The molecule has 1 aliphatic rings. The first-order chi connectivity index (χ1) is 8.61. The van der Waals surface area contributed by atoms with E-state index in [0.29, 0.717) is 16.6 Å². The average molecular weight is 316 g/mol. The number of aryl methyl sites for hydroxylation is 1. The summed E-state index contributed by atoms with van der Waals surface area (Å²) in [4.78, 5) is 11.7. The van der Waals surface area contributed by atoms with Crippen LogP contribution in [0.3, 0.4) is 0 Å². The molecule has 0 aromatic carbocycles. The van der Waals surface area contributed by atoms with Gasteiger partial charge in [-0.25, -0.2) is 4.68 Å². The number of methoxy groups -OCH3 is 1. The van der Waals surface area contributed by atoms with E-state index in [1.807, 2.05) is 0 Å². The van der Waals surface area contributed by atoms with E-state index in [1.54, 1.807) is 20.4 Å². The molecule has 0 saturated heterocycles. The standard InChI is InChI=1S/C12H18BrN3O2/c1-16-12(17)11(13)10(7-14-16)15-8-4-3-5-9(6-8)18-2/h7-9,15H,3-6H2,1-2H3. The Hall–Kier alpha value is -0.880. The second kappa shape index (κ2) is 5.84. The van der Waals surface area contributed by atoms with Crippen molar-refractivity contribution in [3.05, 3.63) is 21.0 Å². The molecule has 0 amide bonds. The number of aromatic nitrogens is 2. The number of nitrogens with one attached hydrogen (secondary N) is 1. The normalized spacial score (nSPS) is 23.9. The molecule has 18 heavy (non-hydrogen) atoms. The summed E-state index contributed by atoms with van der Waals surface area (Å²) in [5.41, 5.74) is 0.638. The Labute approximate surface area is 115 Å². The van der Waals surface area contributed by atoms with Gasteiger partial charge in [0.25, 0.3) is 5.56 Å². The molecule has 2 atom stereocenters. The SMILES string of the molecule is COC1CCCC(Nc2cnn(C)c(=O)c2Br)C1. The highest BCUT2D eigenvalue weighted by atomic mass is 79.9. The van der Waals surface area contributed by atoms with Gasteiger partial charge in [-0.15, -0.1) is 0 Å². The summed E-state index contributed by atoms with van der Waals surface area (Å²) in [6.07, 6.45) is 6.33. The fourth-order valence-electron chi connectivity index (χ4n) is 2.32. The predicted octanol–water partition coefficient (Wildman–Crippen LogP) is 1.91. The van der Waals surface area contributed by atoms with E-state index in [0.717, 1.165) is 31.4 Å². The molecule has 1 aliphatic carbocycles. The Morgan fingerprint density at radius 1 is 1.56 bits per heavy atom. The van der Waals surface area contributed by atoms with Crippen molar-refractivity contribution in [1.82, 2.24) is 9.78 Å². The zero-order chi connectivity index (χ0) is 13.1. The molecular formula is C12H18BrN3O2. The number of nitrogens with zero attached hydrogens (tertiary/aromatic N) is 2. The van der Waals surface area contributed by atoms with E-state index < -0.39 is 0 Å². The molecule has 1 aromatic rings. The van der Waals surface area contributed by atoms with Crippen molar-refractivity contribution in [2.45, 2.75) is 37.8 Å². The number of halogens is 1. The van der Waals surface area contributed by atoms with Crippen LogP contribution in [0.1, 0.15) is 25.7 Å². The van der Waals surface area contributed by atoms with Crippen LogP contribution in [-0.4, -0.2) is 29.0 Å². The lowest BCUT2D eigenvalue weighted by molar-refractivity contribution is 0.0669. The van der Waals surface area contributed by atoms with Gasteiger partial charge >= 0.3 is 0 Å². The number of anilines is 1. The monoisotopic (exact) mass is 315 g/mol. The van der Waals surface area contributed by atoms with Crippen molar-refractivity contribution in [1.29, 1.82) is 0 Å². The van der Waals surface area contributed by atoms with Crippen LogP contribution >= 0.6 is 15.9 Å². The summed E-state index contributed by atoms with van der Waals surface area (Å²) >= 11 is 3.32. The first-order valence-electron chi connectivity index (χ1n) is 6.13. The van der Waals surface area contributed by atoms with Gasteiger partial charge in [-0.05, 0) is 41.6 Å². The van der Waals surface area contributed by atoms with Crippen LogP contribution in [0.5, 0.6) is 0 Å². The minimum Gasteiger partial charge on any atom is -0.381 e. The highest BCUT2D eigenvalue weighted by Gasteiger charge is 2.22. The van der Waals surface area contributed by atoms with Crippen molar-refractivity contribution in [3.63, 3.8) is 0 Å². The van der Waals surface area contributed by atoms with E-state index >= 15 is 0 Å². The Balaban J connectivity index is 2.10. The Morgan fingerprint density at radius 3 is 3.06 bits per heavy atom. The quantitative estimate of drug-likeness (QED) is 0.925. The Kier molecular flexibility index (Phi) is 4.40. The molecule has 1 heterocycles. The van der Waals surface area contributed by atoms with Crippen LogP contribution in [0.4, 0.5) is 5.69 Å². The Bertz CT molecular complexity index is 475. The third-order valence-corrected chi connectivity index (χ3v) is 4.16. The van der Waals surface area contributed by atoms with Crippen molar-refractivity contribution in [3.8, 4) is 0 Å². The maximum Gasteiger partial charge on any atom is 0.282 e. The van der Waals surface area contributed by atoms with Gasteiger partial charge in [0.05, 0.1) is 18.0 Å². The first-order valence-corrected chi connectivity index (χ1v) is 6.92. The van der Waals surface area contributed by atoms with Gasteiger partial charge in [0.2, 0.25) is 0 Å². The summed E-state index contributed by atoms with van der Waals surface area (Å²) < 4.78 is 7.25. The predicted molar refractivity (Wildman–Crippen MR) is 73.9 cm³/mol. The zero-order valence-electron chi connectivity index (χ0n) is 10.6. The Morgan fingerprint density at radius 2 is 2.33 bits per heavy atom. The molecule has 2 unspecified atom stereocenters. The summed E-state index contributed by atoms with van der Waals surface area (Å²) in [6, 6.07) is 0.342. The lowest BCUT2D eigenvalue weighted by Gasteiger charge is -2.29. The van der Waals surface area contributed by atoms with Crippen LogP contribution in [0, 0.1) is 0 Å². The van der Waals surface area contributed by atoms with Crippen LogP contribution in [0.2, 0.25) is 0 Å². The van der Waals surface area contributed by atoms with E-state index in [9.17, 15) is 4.79 Å². The maximum atomic E-state index is 11.7. The number of hydrogen-bond acceptors (Lipinski definition) is 4. The molecule has 1 N–H and O–H groups in total. The molecule has 6 heteroatoms. The molecule has 100 valence electrons. The molecule has 0 aliphatic heterocycles. The van der Waals surface area contributed by atoms with Crippen LogP contribution in [0.15, 0.2) is 15.5 Å². The molecule has 5 nitrogen and oxygen atoms in total. The van der Waals surface area contributed by atoms with Crippen molar-refractivity contribution in [2.24, 2.45) is 7.05 Å². The fraction of sp³-hybridized carbons (Fsp3) is 0.667. The first kappa shape index (κ1) is 13.5. The van der Waals surface area contributed by atoms with E-state index in [2.05, 4.69) is 26.3 Å². The van der Waals surface area contributed by atoms with Gasteiger partial charge in [-0.2, -0.15) is 5.10 Å². The van der Waals surface area contributed by atoms with E-state index in [1.165, 1.54) is 4.68 Å². The topological polar surface area (TPSA) is 56.1 Å². The van der Waals surface area contributed by atoms with Gasteiger partial charge in [-0.3, -0.25) is 4.79 Å². The molecule has 1 saturated carbocycles. The van der Waals surface area contributed by atoms with Gasteiger partial charge < -0.3 is 10.1 Å². The van der Waals surface area contributed by atoms with Gasteiger partial charge in [0.1, 0.15) is 4.47 Å². The third-order valence-electron chi connectivity index (χ3n) is 3.40. The van der Waals surface area contributed by atoms with Crippen LogP contribution < -0.4 is 10.9 Å². The number of rotatable bonds is 3. The van der Waals surface area contributed by atoms with Gasteiger partial charge in [0.15, 0.2) is 0 Å². The van der Waals surface area contributed by atoms with E-state index in [-0.39, 0.29) is 5.56 Å². The van der Waals surface area contributed by atoms with Crippen molar-refractivity contribution >= 4 is 21.6 Å². The molecule has 1 fully saturated rings. The number of hydrogen-bond donors (Lipinski definition) is 1. The summed E-state index contributed by atoms with van der Waals surface area (Å²) in [5.74, 6) is 0. The zero-order valence-corrected chi connectivity index (χ0v) is 12.2. The van der Waals surface area contributed by atoms with Gasteiger partial charge in [-0.1, -0.05) is 0 Å². The largest absolute Gasteiger partial charge is 0.381 e. The second-order valence-corrected chi connectivity index (χ2v) is 5.46. The maximum absolute atomic E-state index is 11.7. The van der Waals surface area contributed by atoms with Crippen LogP contribution in [0.25, 0.3) is 0 Å². The summed E-state index contributed by atoms with van der Waals surface area (Å²) in [7, 11) is 3.39. The molecule has 1 aromatic heterocycles. The molecule has 2 rings (SSSR count). The average Bonchev–Trinajstić information content (AvgIpc) is 2.40. The minimum atomic E-state index is -0.126. The molecular weight excluding hydrogens is 298 g/mol. The minimum absolute atomic E-state index is 0.126. The molecule has 0 bridgehead atoms. The van der Waals surface area contributed by atoms with Gasteiger partial charge in [0, 0.05) is 20.2 Å². The molecule has 0 radical (unpaired) electrons. The lowest BCUT2D eigenvalue weighted by atomic mass is 9.93. The summed E-state index contributed by atoms with van der Waals surface area (Å²) in [5, 5.41) is 7.40. The highest BCUT2D eigenvalue weighted by molar-refractivity contribution is 9.10. The summed E-state index contributed by atoms with van der Waals surface area (Å²) in [6.45, 7) is 0. The van der Waals surface area contributed by atoms with Crippen molar-refractivity contribution < 1.29 is 4.74 Å². The third kappa shape index (κ3) is 2.92. The smallest absolute Gasteiger partial charge is 0.282 e. The fourth-order valence-corrected chi connectivity index (χ4v) is 2.79. The van der Waals surface area contributed by atoms with E-state index in [4.69, 9.17) is 4.74 Å².